The van der Waals surface area contributed by atoms with E-state index in [1.807, 2.05) is 0 Å². The maximum atomic E-state index is 11.0. The van der Waals surface area contributed by atoms with Crippen LogP contribution < -0.4 is 0 Å². The summed E-state index contributed by atoms with van der Waals surface area (Å²) in [6, 6.07) is 0. The quantitative estimate of drug-likeness (QED) is 0.360. The Labute approximate surface area is 111 Å². The smallest absolute Gasteiger partial charge is 0.234 e. The molecular formula is C10H21Cl2NO2S. The SMILES string of the molecule is O=S(O)N(CCCCCCl)CCCCCCl. The third-order valence-electron chi connectivity index (χ3n) is 2.30. The first kappa shape index (κ1) is 16.6. The second-order valence-electron chi connectivity index (χ2n) is 3.66. The van der Waals surface area contributed by atoms with Gasteiger partial charge in [0.25, 0.3) is 0 Å². The van der Waals surface area contributed by atoms with E-state index in [9.17, 15) is 4.21 Å². The Bertz CT molecular complexity index is 172. The molecular weight excluding hydrogens is 269 g/mol. The summed E-state index contributed by atoms with van der Waals surface area (Å²) in [5, 5.41) is 0. The fraction of sp³-hybridized carbons (Fsp3) is 1.00. The van der Waals surface area contributed by atoms with Crippen molar-refractivity contribution in [3.05, 3.63) is 0 Å². The topological polar surface area (TPSA) is 40.5 Å². The average molecular weight is 290 g/mol. The zero-order valence-electron chi connectivity index (χ0n) is 9.54. The normalized spacial score (nSPS) is 13.2. The number of hydrogen-bond donors (Lipinski definition) is 1. The van der Waals surface area contributed by atoms with Gasteiger partial charge in [0.2, 0.25) is 11.3 Å². The van der Waals surface area contributed by atoms with Crippen LogP contribution in [0.1, 0.15) is 38.5 Å². The Hall–Kier alpha value is 0.650. The lowest BCUT2D eigenvalue weighted by Gasteiger charge is -2.17. The van der Waals surface area contributed by atoms with E-state index >= 15 is 0 Å². The minimum Gasteiger partial charge on any atom is -0.294 e. The van der Waals surface area contributed by atoms with Gasteiger partial charge in [-0.1, -0.05) is 12.8 Å². The highest BCUT2D eigenvalue weighted by atomic mass is 35.5. The van der Waals surface area contributed by atoms with Crippen LogP contribution in [0.2, 0.25) is 0 Å². The highest BCUT2D eigenvalue weighted by Crippen LogP contribution is 2.05. The van der Waals surface area contributed by atoms with Crippen LogP contribution in [-0.4, -0.2) is 37.9 Å². The first-order valence-corrected chi connectivity index (χ1v) is 7.83. The first-order valence-electron chi connectivity index (χ1n) is 5.70. The Morgan fingerprint density at radius 3 is 1.62 bits per heavy atom. The summed E-state index contributed by atoms with van der Waals surface area (Å²) in [5.41, 5.74) is 0. The van der Waals surface area contributed by atoms with Crippen LogP contribution in [0.4, 0.5) is 0 Å². The molecule has 0 heterocycles. The highest BCUT2D eigenvalue weighted by molar-refractivity contribution is 7.76. The van der Waals surface area contributed by atoms with E-state index in [0.717, 1.165) is 38.5 Å². The molecule has 0 amide bonds. The third kappa shape index (κ3) is 9.85. The zero-order valence-corrected chi connectivity index (χ0v) is 11.9. The third-order valence-corrected chi connectivity index (χ3v) is 3.64. The van der Waals surface area contributed by atoms with Crippen LogP contribution in [0, 0.1) is 0 Å². The summed E-state index contributed by atoms with van der Waals surface area (Å²) >= 11 is 9.28. The number of nitrogens with zero attached hydrogens (tertiary/aromatic N) is 1. The van der Waals surface area contributed by atoms with Gasteiger partial charge in [0, 0.05) is 24.8 Å². The number of rotatable bonds is 11. The number of unbranched alkanes of at least 4 members (excludes halogenated alkanes) is 4. The molecule has 0 fully saturated rings. The standard InChI is InChI=1S/C10H21Cl2NO2S/c11-7-3-1-5-9-13(16(14)15)10-6-2-4-8-12/h1-10H2,(H,14,15). The predicted octanol–water partition coefficient (Wildman–Crippen LogP) is 3.24. The van der Waals surface area contributed by atoms with Crippen LogP contribution in [0.15, 0.2) is 0 Å². The molecule has 1 unspecified atom stereocenters. The molecule has 0 aliphatic rings. The lowest BCUT2D eigenvalue weighted by Crippen LogP contribution is -2.27. The first-order chi connectivity index (χ1) is 7.72. The predicted molar refractivity (Wildman–Crippen MR) is 71.5 cm³/mol. The largest absolute Gasteiger partial charge is 0.294 e. The molecule has 0 rings (SSSR count). The van der Waals surface area contributed by atoms with Crippen LogP contribution in [0.25, 0.3) is 0 Å². The van der Waals surface area contributed by atoms with Crippen molar-refractivity contribution in [1.82, 2.24) is 4.31 Å². The Morgan fingerprint density at radius 2 is 1.31 bits per heavy atom. The molecule has 0 bridgehead atoms. The second-order valence-corrected chi connectivity index (χ2v) is 5.39. The molecule has 0 aromatic heterocycles. The van der Waals surface area contributed by atoms with Crippen molar-refractivity contribution in [1.29, 1.82) is 0 Å². The summed E-state index contributed by atoms with van der Waals surface area (Å²) in [4.78, 5) is 0. The Morgan fingerprint density at radius 1 is 0.875 bits per heavy atom. The molecule has 3 nitrogen and oxygen atoms in total. The molecule has 0 aliphatic heterocycles. The maximum absolute atomic E-state index is 11.0. The molecule has 0 saturated carbocycles. The number of alkyl halides is 2. The molecule has 98 valence electrons. The lowest BCUT2D eigenvalue weighted by atomic mass is 10.2. The van der Waals surface area contributed by atoms with Crippen molar-refractivity contribution < 1.29 is 8.76 Å². The zero-order chi connectivity index (χ0) is 12.2. The van der Waals surface area contributed by atoms with Crippen LogP contribution in [0.5, 0.6) is 0 Å². The number of hydrogen-bond acceptors (Lipinski definition) is 1. The van der Waals surface area contributed by atoms with Gasteiger partial charge in [-0.05, 0) is 25.7 Å². The van der Waals surface area contributed by atoms with Gasteiger partial charge in [-0.25, -0.2) is 8.51 Å². The average Bonchev–Trinajstić information content (AvgIpc) is 2.26. The molecule has 1 atom stereocenters. The molecule has 0 radical (unpaired) electrons. The molecule has 0 aliphatic carbocycles. The van der Waals surface area contributed by atoms with Crippen LogP contribution >= 0.6 is 23.2 Å². The van der Waals surface area contributed by atoms with E-state index in [0.29, 0.717) is 24.8 Å². The van der Waals surface area contributed by atoms with Crippen molar-refractivity contribution in [2.24, 2.45) is 0 Å². The van der Waals surface area contributed by atoms with E-state index in [-0.39, 0.29) is 0 Å². The van der Waals surface area contributed by atoms with E-state index in [1.54, 1.807) is 4.31 Å². The van der Waals surface area contributed by atoms with Gasteiger partial charge < -0.3 is 0 Å². The lowest BCUT2D eigenvalue weighted by molar-refractivity contribution is 0.377. The monoisotopic (exact) mass is 289 g/mol. The summed E-state index contributed by atoms with van der Waals surface area (Å²) < 4.78 is 21.7. The molecule has 1 N–H and O–H groups in total. The van der Waals surface area contributed by atoms with Gasteiger partial charge >= 0.3 is 0 Å². The molecule has 0 aromatic carbocycles. The minimum atomic E-state index is -1.85. The fourth-order valence-corrected chi connectivity index (χ4v) is 2.34. The van der Waals surface area contributed by atoms with Crippen LogP contribution in [0.3, 0.4) is 0 Å². The van der Waals surface area contributed by atoms with Gasteiger partial charge in [-0.2, -0.15) is 0 Å². The molecule has 6 heteroatoms. The van der Waals surface area contributed by atoms with Crippen LogP contribution in [-0.2, 0) is 11.3 Å². The molecule has 16 heavy (non-hydrogen) atoms. The molecule has 0 saturated heterocycles. The van der Waals surface area contributed by atoms with Gasteiger partial charge in [0.1, 0.15) is 0 Å². The van der Waals surface area contributed by atoms with Gasteiger partial charge in [-0.3, -0.25) is 4.55 Å². The van der Waals surface area contributed by atoms with E-state index in [1.165, 1.54) is 0 Å². The summed E-state index contributed by atoms with van der Waals surface area (Å²) in [6.07, 6.45) is 5.82. The van der Waals surface area contributed by atoms with Gasteiger partial charge in [0.15, 0.2) is 0 Å². The molecule has 0 spiro atoms. The van der Waals surface area contributed by atoms with E-state index < -0.39 is 11.3 Å². The summed E-state index contributed by atoms with van der Waals surface area (Å²) in [6.45, 7) is 1.34. The van der Waals surface area contributed by atoms with Crippen molar-refractivity contribution in [2.75, 3.05) is 24.8 Å². The summed E-state index contributed by atoms with van der Waals surface area (Å²) in [5.74, 6) is 1.33. The van der Waals surface area contributed by atoms with E-state index in [4.69, 9.17) is 27.8 Å². The Kier molecular flexibility index (Phi) is 12.6. The highest BCUT2D eigenvalue weighted by Gasteiger charge is 2.09. The van der Waals surface area contributed by atoms with Crippen molar-refractivity contribution >= 4 is 34.5 Å². The van der Waals surface area contributed by atoms with Crippen molar-refractivity contribution in [3.63, 3.8) is 0 Å². The second kappa shape index (κ2) is 12.1. The van der Waals surface area contributed by atoms with E-state index in [2.05, 4.69) is 0 Å². The van der Waals surface area contributed by atoms with Crippen molar-refractivity contribution in [2.45, 2.75) is 38.5 Å². The van der Waals surface area contributed by atoms with Gasteiger partial charge in [0.05, 0.1) is 0 Å². The minimum absolute atomic E-state index is 0.665. The summed E-state index contributed by atoms with van der Waals surface area (Å²) in [7, 11) is 0. The fourth-order valence-electron chi connectivity index (χ4n) is 1.39. The van der Waals surface area contributed by atoms with Crippen molar-refractivity contribution in [3.8, 4) is 0 Å². The maximum Gasteiger partial charge on any atom is 0.234 e. The number of halogens is 2. The molecule has 0 aromatic rings. The Balaban J connectivity index is 3.59. The van der Waals surface area contributed by atoms with Gasteiger partial charge in [-0.15, -0.1) is 23.2 Å².